The number of halogens is 2. The predicted octanol–water partition coefficient (Wildman–Crippen LogP) is 4.59. The van der Waals surface area contributed by atoms with Crippen molar-refractivity contribution in [3.63, 3.8) is 0 Å². The predicted molar refractivity (Wildman–Crippen MR) is 81.4 cm³/mol. The van der Waals surface area contributed by atoms with Crippen LogP contribution in [0.25, 0.3) is 6.08 Å². The molecular formula is C15H19BClFO2. The first-order chi connectivity index (χ1) is 9.14. The van der Waals surface area contributed by atoms with Gasteiger partial charge in [0.15, 0.2) is 0 Å². The van der Waals surface area contributed by atoms with E-state index in [9.17, 15) is 4.39 Å². The molecule has 1 aromatic carbocycles. The maximum atomic E-state index is 14.4. The topological polar surface area (TPSA) is 18.5 Å². The van der Waals surface area contributed by atoms with E-state index in [2.05, 4.69) is 0 Å². The Hall–Kier alpha value is -0.835. The van der Waals surface area contributed by atoms with E-state index in [1.165, 1.54) is 6.08 Å². The van der Waals surface area contributed by atoms with E-state index in [-0.39, 0.29) is 0 Å². The minimum Gasteiger partial charge on any atom is -0.398 e. The molecule has 1 aliphatic heterocycles. The summed E-state index contributed by atoms with van der Waals surface area (Å²) in [4.78, 5) is 0. The molecule has 0 radical (unpaired) electrons. The lowest BCUT2D eigenvalue weighted by molar-refractivity contribution is 0.00578. The molecule has 1 saturated heterocycles. The van der Waals surface area contributed by atoms with Crippen molar-refractivity contribution in [3.8, 4) is 0 Å². The average molecular weight is 297 g/mol. The van der Waals surface area contributed by atoms with Crippen LogP contribution in [0.1, 0.15) is 38.8 Å². The molecule has 0 amide bonds. The van der Waals surface area contributed by atoms with Crippen LogP contribution in [0, 0.1) is 6.92 Å². The van der Waals surface area contributed by atoms with Crippen molar-refractivity contribution in [3.05, 3.63) is 40.1 Å². The summed E-state index contributed by atoms with van der Waals surface area (Å²) in [5.74, 6) is 0. The van der Waals surface area contributed by atoms with Crippen LogP contribution in [0.5, 0.6) is 0 Å². The molecule has 0 aliphatic carbocycles. The summed E-state index contributed by atoms with van der Waals surface area (Å²) in [6, 6.07) is 5.38. The second-order valence-corrected chi connectivity index (χ2v) is 6.48. The van der Waals surface area contributed by atoms with E-state index in [1.807, 2.05) is 40.7 Å². The summed E-state index contributed by atoms with van der Waals surface area (Å²) < 4.78 is 25.7. The van der Waals surface area contributed by atoms with Crippen molar-refractivity contribution in [2.45, 2.75) is 45.8 Å². The van der Waals surface area contributed by atoms with Crippen LogP contribution in [0.4, 0.5) is 4.39 Å². The molecule has 1 heterocycles. The summed E-state index contributed by atoms with van der Waals surface area (Å²) in [6.07, 6.45) is 1.42. The van der Waals surface area contributed by atoms with Crippen molar-refractivity contribution < 1.29 is 13.7 Å². The molecule has 0 saturated carbocycles. The Morgan fingerprint density at radius 3 is 2.30 bits per heavy atom. The van der Waals surface area contributed by atoms with Crippen LogP contribution in [0.2, 0.25) is 5.02 Å². The number of rotatable bonds is 2. The van der Waals surface area contributed by atoms with E-state index in [4.69, 9.17) is 20.9 Å². The standard InChI is InChI=1S/C15H19BClFO2/c1-10-11(7-6-8-12(10)17)9-13(18)16-19-14(2,3)15(4,5)20-16/h6-9H,1-5H3. The lowest BCUT2D eigenvalue weighted by atomic mass is 9.86. The van der Waals surface area contributed by atoms with Crippen LogP contribution < -0.4 is 0 Å². The van der Waals surface area contributed by atoms with E-state index in [1.54, 1.807) is 12.1 Å². The van der Waals surface area contributed by atoms with Gasteiger partial charge in [0, 0.05) is 5.02 Å². The van der Waals surface area contributed by atoms with Gasteiger partial charge in [-0.3, -0.25) is 0 Å². The Balaban J connectivity index is 2.27. The van der Waals surface area contributed by atoms with Crippen molar-refractivity contribution >= 4 is 24.8 Å². The van der Waals surface area contributed by atoms with Gasteiger partial charge in [0.1, 0.15) is 5.73 Å². The fourth-order valence-corrected chi connectivity index (χ4v) is 2.13. The SMILES string of the molecule is Cc1c(Cl)cccc1C=C(F)B1OC(C)(C)C(C)(C)O1. The molecule has 1 aromatic rings. The molecule has 2 nitrogen and oxygen atoms in total. The van der Waals surface area contributed by atoms with E-state index < -0.39 is 24.0 Å². The third-order valence-corrected chi connectivity index (χ3v) is 4.49. The van der Waals surface area contributed by atoms with Crippen LogP contribution in [-0.2, 0) is 9.31 Å². The molecule has 5 heteroatoms. The van der Waals surface area contributed by atoms with E-state index in [0.717, 1.165) is 11.1 Å². The van der Waals surface area contributed by atoms with Crippen molar-refractivity contribution in [2.24, 2.45) is 0 Å². The quantitative estimate of drug-likeness (QED) is 0.743. The Kier molecular flexibility index (Phi) is 4.02. The molecule has 0 unspecified atom stereocenters. The number of hydrogen-bond acceptors (Lipinski definition) is 2. The maximum absolute atomic E-state index is 14.4. The molecule has 0 spiro atoms. The van der Waals surface area contributed by atoms with Crippen LogP contribution in [0.3, 0.4) is 0 Å². The molecular weight excluding hydrogens is 277 g/mol. The molecule has 20 heavy (non-hydrogen) atoms. The first kappa shape index (κ1) is 15.6. The number of hydrogen-bond donors (Lipinski definition) is 0. The van der Waals surface area contributed by atoms with Gasteiger partial charge in [-0.15, -0.1) is 0 Å². The van der Waals surface area contributed by atoms with Gasteiger partial charge in [0.25, 0.3) is 0 Å². The molecule has 108 valence electrons. The summed E-state index contributed by atoms with van der Waals surface area (Å²) in [5, 5.41) is 0.612. The highest BCUT2D eigenvalue weighted by Gasteiger charge is 2.53. The van der Waals surface area contributed by atoms with Gasteiger partial charge in [-0.2, -0.15) is 0 Å². The zero-order valence-corrected chi connectivity index (χ0v) is 13.2. The highest BCUT2D eigenvalue weighted by molar-refractivity contribution is 6.54. The van der Waals surface area contributed by atoms with Gasteiger partial charge in [0.2, 0.25) is 0 Å². The Morgan fingerprint density at radius 2 is 1.75 bits per heavy atom. The summed E-state index contributed by atoms with van der Waals surface area (Å²) in [6.45, 7) is 9.43. The molecule has 0 bridgehead atoms. The van der Waals surface area contributed by atoms with Crippen LogP contribution >= 0.6 is 11.6 Å². The molecule has 1 fully saturated rings. The lowest BCUT2D eigenvalue weighted by Gasteiger charge is -2.32. The largest absolute Gasteiger partial charge is 0.525 e. The first-order valence-electron chi connectivity index (χ1n) is 6.62. The van der Waals surface area contributed by atoms with Crippen LogP contribution in [-0.4, -0.2) is 18.3 Å². The lowest BCUT2D eigenvalue weighted by Crippen LogP contribution is -2.41. The molecule has 0 atom stereocenters. The Labute approximate surface area is 125 Å². The second kappa shape index (κ2) is 5.17. The zero-order valence-electron chi connectivity index (χ0n) is 12.5. The smallest absolute Gasteiger partial charge is 0.398 e. The molecule has 2 rings (SSSR count). The van der Waals surface area contributed by atoms with Gasteiger partial charge in [-0.05, 0) is 57.9 Å². The van der Waals surface area contributed by atoms with Gasteiger partial charge < -0.3 is 9.31 Å². The van der Waals surface area contributed by atoms with E-state index in [0.29, 0.717) is 5.02 Å². The average Bonchev–Trinajstić information content (AvgIpc) is 2.54. The van der Waals surface area contributed by atoms with Crippen molar-refractivity contribution in [2.75, 3.05) is 0 Å². The highest BCUT2D eigenvalue weighted by atomic mass is 35.5. The Morgan fingerprint density at radius 1 is 1.20 bits per heavy atom. The third-order valence-electron chi connectivity index (χ3n) is 4.08. The maximum Gasteiger partial charge on any atom is 0.525 e. The highest BCUT2D eigenvalue weighted by Crippen LogP contribution is 2.39. The second-order valence-electron chi connectivity index (χ2n) is 6.07. The van der Waals surface area contributed by atoms with Gasteiger partial charge in [-0.25, -0.2) is 4.39 Å². The summed E-state index contributed by atoms with van der Waals surface area (Å²) >= 11 is 6.03. The Bertz CT molecular complexity index is 539. The summed E-state index contributed by atoms with van der Waals surface area (Å²) in [7, 11) is -0.974. The normalized spacial score (nSPS) is 21.4. The monoisotopic (exact) mass is 296 g/mol. The van der Waals surface area contributed by atoms with Crippen LogP contribution in [0.15, 0.2) is 23.9 Å². The van der Waals surface area contributed by atoms with E-state index >= 15 is 0 Å². The third kappa shape index (κ3) is 2.78. The first-order valence-corrected chi connectivity index (χ1v) is 7.00. The molecule has 1 aliphatic rings. The molecule has 0 aromatic heterocycles. The molecule has 0 N–H and O–H groups in total. The fourth-order valence-electron chi connectivity index (χ4n) is 1.95. The summed E-state index contributed by atoms with van der Waals surface area (Å²) in [5.41, 5.74) is 0.0119. The zero-order chi connectivity index (χ0) is 15.1. The number of benzene rings is 1. The van der Waals surface area contributed by atoms with Gasteiger partial charge in [-0.1, -0.05) is 23.7 Å². The minimum absolute atomic E-state index is 0.450. The van der Waals surface area contributed by atoms with Gasteiger partial charge in [0.05, 0.1) is 11.2 Å². The van der Waals surface area contributed by atoms with Gasteiger partial charge >= 0.3 is 7.12 Å². The minimum atomic E-state index is -0.974. The van der Waals surface area contributed by atoms with Crippen molar-refractivity contribution in [1.82, 2.24) is 0 Å². The fraction of sp³-hybridized carbons (Fsp3) is 0.467. The van der Waals surface area contributed by atoms with Crippen molar-refractivity contribution in [1.29, 1.82) is 0 Å².